The fourth-order valence-electron chi connectivity index (χ4n) is 1.51. The summed E-state index contributed by atoms with van der Waals surface area (Å²) in [5.41, 5.74) is 0. The van der Waals surface area contributed by atoms with Gasteiger partial charge in [-0.1, -0.05) is 0 Å². The molecule has 7 nitrogen and oxygen atoms in total. The smallest absolute Gasteiger partial charge is 0.243 e. The molecule has 0 aromatic carbocycles. The molecule has 0 aliphatic carbocycles. The first-order chi connectivity index (χ1) is 8.65. The zero-order chi connectivity index (χ0) is 13.0. The van der Waals surface area contributed by atoms with Gasteiger partial charge in [-0.15, -0.1) is 10.2 Å². The molecule has 1 aliphatic rings. The largest absolute Gasteiger partial charge is 0.424 e. The van der Waals surface area contributed by atoms with E-state index in [4.69, 9.17) is 4.42 Å². The minimum absolute atomic E-state index is 0.0891. The van der Waals surface area contributed by atoms with Gasteiger partial charge >= 0.3 is 0 Å². The van der Waals surface area contributed by atoms with Crippen LogP contribution in [0, 0.1) is 6.92 Å². The summed E-state index contributed by atoms with van der Waals surface area (Å²) in [6, 6.07) is -0.492. The quantitative estimate of drug-likeness (QED) is 0.777. The summed E-state index contributed by atoms with van der Waals surface area (Å²) >= 11 is 1.59. The van der Waals surface area contributed by atoms with Gasteiger partial charge in [0.1, 0.15) is 6.04 Å². The molecule has 1 aliphatic heterocycles. The number of thioether (sulfide) groups is 1. The normalized spacial score (nSPS) is 20.1. The van der Waals surface area contributed by atoms with Crippen LogP contribution in [0.5, 0.6) is 0 Å². The van der Waals surface area contributed by atoms with Crippen molar-refractivity contribution in [2.24, 2.45) is 0 Å². The summed E-state index contributed by atoms with van der Waals surface area (Å²) in [4.78, 5) is 23.2. The highest BCUT2D eigenvalue weighted by atomic mass is 32.2. The van der Waals surface area contributed by atoms with Crippen molar-refractivity contribution in [3.8, 4) is 0 Å². The molecular formula is C10H14N4O3S. The number of nitrogens with one attached hydrogen (secondary N) is 2. The van der Waals surface area contributed by atoms with Gasteiger partial charge in [-0.05, 0) is 0 Å². The molecule has 2 N–H and O–H groups in total. The lowest BCUT2D eigenvalue weighted by molar-refractivity contribution is -0.128. The third-order valence-corrected chi connectivity index (χ3v) is 3.45. The molecule has 2 heterocycles. The highest BCUT2D eigenvalue weighted by molar-refractivity contribution is 7.99. The number of rotatable bonds is 3. The van der Waals surface area contributed by atoms with Gasteiger partial charge in [0.15, 0.2) is 0 Å². The number of carbonyl (C=O) groups excluding carboxylic acids is 2. The second kappa shape index (κ2) is 5.85. The molecule has 0 unspecified atom stereocenters. The van der Waals surface area contributed by atoms with Gasteiger partial charge in [-0.25, -0.2) is 0 Å². The lowest BCUT2D eigenvalue weighted by Gasteiger charge is -2.14. The first-order valence-electron chi connectivity index (χ1n) is 5.59. The first kappa shape index (κ1) is 12.9. The van der Waals surface area contributed by atoms with Crippen molar-refractivity contribution in [3.63, 3.8) is 0 Å². The van der Waals surface area contributed by atoms with Crippen molar-refractivity contribution < 1.29 is 14.0 Å². The molecule has 0 radical (unpaired) electrons. The SMILES string of the molecule is Cc1nnc(CNC(=O)[C@H]2CSCCC(=O)N2)o1. The number of hydrogen-bond donors (Lipinski definition) is 2. The van der Waals surface area contributed by atoms with E-state index >= 15 is 0 Å². The van der Waals surface area contributed by atoms with Gasteiger partial charge in [0.2, 0.25) is 23.6 Å². The lowest BCUT2D eigenvalue weighted by Crippen LogP contribution is -2.47. The Balaban J connectivity index is 1.85. The maximum atomic E-state index is 11.8. The number of aryl methyl sites for hydroxylation is 1. The van der Waals surface area contributed by atoms with Gasteiger partial charge in [-0.2, -0.15) is 11.8 Å². The highest BCUT2D eigenvalue weighted by Gasteiger charge is 2.23. The second-order valence-electron chi connectivity index (χ2n) is 3.88. The maximum absolute atomic E-state index is 11.8. The average molecular weight is 270 g/mol. The number of aromatic nitrogens is 2. The van der Waals surface area contributed by atoms with Crippen LogP contribution in [0.3, 0.4) is 0 Å². The van der Waals surface area contributed by atoms with Crippen molar-refractivity contribution >= 4 is 23.6 Å². The van der Waals surface area contributed by atoms with E-state index in [1.54, 1.807) is 18.7 Å². The zero-order valence-corrected chi connectivity index (χ0v) is 10.7. The third-order valence-electron chi connectivity index (χ3n) is 2.39. The van der Waals surface area contributed by atoms with Crippen molar-refractivity contribution in [1.29, 1.82) is 0 Å². The molecular weight excluding hydrogens is 256 g/mol. The second-order valence-corrected chi connectivity index (χ2v) is 5.03. The predicted molar refractivity (Wildman–Crippen MR) is 64.8 cm³/mol. The van der Waals surface area contributed by atoms with E-state index in [0.29, 0.717) is 24.0 Å². The molecule has 0 bridgehead atoms. The van der Waals surface area contributed by atoms with Crippen LogP contribution in [-0.4, -0.2) is 39.6 Å². The molecule has 1 saturated heterocycles. The average Bonchev–Trinajstić information content (AvgIpc) is 2.63. The van der Waals surface area contributed by atoms with E-state index < -0.39 is 6.04 Å². The van der Waals surface area contributed by atoms with Gasteiger partial charge < -0.3 is 15.1 Å². The Morgan fingerprint density at radius 3 is 3.17 bits per heavy atom. The van der Waals surface area contributed by atoms with E-state index in [1.165, 1.54) is 0 Å². The van der Waals surface area contributed by atoms with Crippen LogP contribution >= 0.6 is 11.8 Å². The van der Waals surface area contributed by atoms with Gasteiger partial charge in [0, 0.05) is 24.9 Å². The van der Waals surface area contributed by atoms with E-state index in [1.807, 2.05) is 0 Å². The van der Waals surface area contributed by atoms with Crippen LogP contribution in [0.4, 0.5) is 0 Å². The molecule has 0 spiro atoms. The topological polar surface area (TPSA) is 97.1 Å². The third kappa shape index (κ3) is 3.46. The number of nitrogens with zero attached hydrogens (tertiary/aromatic N) is 2. The standard InChI is InChI=1S/C10H14N4O3S/c1-6-13-14-9(17-6)4-11-10(16)7-5-18-3-2-8(15)12-7/h7H,2-5H2,1H3,(H,11,16)(H,12,15)/t7-/m1/s1. The summed E-state index contributed by atoms with van der Waals surface area (Å²) in [7, 11) is 0. The molecule has 2 rings (SSSR count). The Morgan fingerprint density at radius 1 is 1.61 bits per heavy atom. The van der Waals surface area contributed by atoms with Crippen LogP contribution in [0.1, 0.15) is 18.2 Å². The van der Waals surface area contributed by atoms with Crippen LogP contribution in [0.2, 0.25) is 0 Å². The van der Waals surface area contributed by atoms with Gasteiger partial charge in [0.25, 0.3) is 0 Å². The highest BCUT2D eigenvalue weighted by Crippen LogP contribution is 2.10. The summed E-state index contributed by atoms with van der Waals surface area (Å²) in [6.45, 7) is 1.86. The molecule has 18 heavy (non-hydrogen) atoms. The van der Waals surface area contributed by atoms with Crippen molar-refractivity contribution in [1.82, 2.24) is 20.8 Å². The van der Waals surface area contributed by atoms with E-state index in [-0.39, 0.29) is 18.4 Å². The van der Waals surface area contributed by atoms with E-state index in [0.717, 1.165) is 5.75 Å². The van der Waals surface area contributed by atoms with Crippen LogP contribution < -0.4 is 10.6 Å². The molecule has 0 saturated carbocycles. The molecule has 1 fully saturated rings. The van der Waals surface area contributed by atoms with Crippen molar-refractivity contribution in [2.75, 3.05) is 11.5 Å². The van der Waals surface area contributed by atoms with Gasteiger partial charge in [-0.3, -0.25) is 9.59 Å². The van der Waals surface area contributed by atoms with Crippen LogP contribution in [-0.2, 0) is 16.1 Å². The number of carbonyl (C=O) groups is 2. The minimum atomic E-state index is -0.492. The van der Waals surface area contributed by atoms with Crippen molar-refractivity contribution in [2.45, 2.75) is 25.9 Å². The van der Waals surface area contributed by atoms with Crippen molar-refractivity contribution in [3.05, 3.63) is 11.8 Å². The molecule has 1 aromatic rings. The lowest BCUT2D eigenvalue weighted by atomic mass is 10.3. The van der Waals surface area contributed by atoms with E-state index in [9.17, 15) is 9.59 Å². The summed E-state index contributed by atoms with van der Waals surface area (Å²) < 4.78 is 5.14. The number of hydrogen-bond acceptors (Lipinski definition) is 6. The van der Waals surface area contributed by atoms with Crippen LogP contribution in [0.25, 0.3) is 0 Å². The Bertz CT molecular complexity index is 448. The maximum Gasteiger partial charge on any atom is 0.243 e. The summed E-state index contributed by atoms with van der Waals surface area (Å²) in [6.07, 6.45) is 0.456. The van der Waals surface area contributed by atoms with Gasteiger partial charge in [0.05, 0.1) is 6.54 Å². The summed E-state index contributed by atoms with van der Waals surface area (Å²) in [5, 5.41) is 12.8. The Morgan fingerprint density at radius 2 is 2.44 bits per heavy atom. The zero-order valence-electron chi connectivity index (χ0n) is 9.93. The monoisotopic (exact) mass is 270 g/mol. The fraction of sp³-hybridized carbons (Fsp3) is 0.600. The molecule has 1 atom stereocenters. The Kier molecular flexibility index (Phi) is 4.19. The Labute approximate surface area is 108 Å². The number of amides is 2. The molecule has 98 valence electrons. The molecule has 2 amide bonds. The fourth-order valence-corrected chi connectivity index (χ4v) is 2.48. The first-order valence-corrected chi connectivity index (χ1v) is 6.74. The Hall–Kier alpha value is -1.57. The van der Waals surface area contributed by atoms with E-state index in [2.05, 4.69) is 20.8 Å². The van der Waals surface area contributed by atoms with Crippen LogP contribution in [0.15, 0.2) is 4.42 Å². The molecule has 1 aromatic heterocycles. The molecule has 8 heteroatoms. The minimum Gasteiger partial charge on any atom is -0.424 e. The summed E-state index contributed by atoms with van der Waals surface area (Å²) in [5.74, 6) is 1.83. The predicted octanol–water partition coefficient (Wildman–Crippen LogP) is -0.384.